The lowest BCUT2D eigenvalue weighted by Crippen LogP contribution is -2.30. The maximum absolute atomic E-state index is 12.9. The van der Waals surface area contributed by atoms with Crippen molar-refractivity contribution in [1.82, 2.24) is 0 Å². The van der Waals surface area contributed by atoms with Gasteiger partial charge in [0, 0.05) is 19.3 Å². The second kappa shape index (κ2) is 58.3. The summed E-state index contributed by atoms with van der Waals surface area (Å²) in [5.41, 5.74) is 0. The molecule has 2 N–H and O–H groups in total. The fourth-order valence-electron chi connectivity index (χ4n) is 8.70. The molecule has 0 aliphatic carbocycles. The predicted molar refractivity (Wildman–Crippen MR) is 316 cm³/mol. The van der Waals surface area contributed by atoms with E-state index in [2.05, 4.69) is 81.5 Å². The Morgan fingerprint density at radius 2 is 0.684 bits per heavy atom. The van der Waals surface area contributed by atoms with Crippen molar-refractivity contribution in [3.63, 3.8) is 0 Å². The molecule has 0 aromatic rings. The molecule has 0 aromatic carbocycles. The highest BCUT2D eigenvalue weighted by atomic mass is 31.2. The van der Waals surface area contributed by atoms with Gasteiger partial charge in [0.1, 0.15) is 12.7 Å². The van der Waals surface area contributed by atoms with E-state index in [1.165, 1.54) is 128 Å². The Kier molecular flexibility index (Phi) is 56.2. The number of hydrogen-bond donors (Lipinski definition) is 2. The largest absolute Gasteiger partial charge is 0.472 e. The lowest BCUT2D eigenvalue weighted by atomic mass is 10.1. The molecular weight excluding hydrogens is 976 g/mol. The molecule has 0 fully saturated rings. The van der Waals surface area contributed by atoms with Gasteiger partial charge in [0.2, 0.25) is 0 Å². The van der Waals surface area contributed by atoms with Crippen LogP contribution in [0.5, 0.6) is 0 Å². The van der Waals surface area contributed by atoms with Gasteiger partial charge in [-0.15, -0.1) is 0 Å². The van der Waals surface area contributed by atoms with Crippen LogP contribution < -0.4 is 0 Å². The number of carbonyl (C=O) groups excluding carboxylic acids is 3. The van der Waals surface area contributed by atoms with Gasteiger partial charge in [-0.2, -0.15) is 0 Å². The van der Waals surface area contributed by atoms with Gasteiger partial charge in [-0.05, 0) is 83.5 Å². The molecule has 0 saturated heterocycles. The molecule has 0 aliphatic heterocycles. The topological polar surface area (TPSA) is 155 Å². The lowest BCUT2D eigenvalue weighted by Gasteiger charge is -2.21. The van der Waals surface area contributed by atoms with Crippen LogP contribution in [0.2, 0.25) is 0 Å². The number of phosphoric acid groups is 1. The minimum atomic E-state index is -4.75. The minimum absolute atomic E-state index is 0.153. The summed E-state index contributed by atoms with van der Waals surface area (Å²) in [4.78, 5) is 48.6. The SMILES string of the molecule is CC/C=C\C/C=C\C/C=C\C/C=C\CCCCCCCCC(=O)OC(COC(=O)CCCCCCCCCCCCC)COP(=O)(O)OCC(CO)OC(=O)CCCCCCCCCCC/C=C\CCCCCCCC. The predicted octanol–water partition coefficient (Wildman–Crippen LogP) is 18.7. The first-order chi connectivity index (χ1) is 37.2. The molecule has 3 unspecified atom stereocenters. The van der Waals surface area contributed by atoms with Crippen molar-refractivity contribution in [2.75, 3.05) is 26.4 Å². The molecule has 0 bridgehead atoms. The number of aliphatic hydroxyl groups excluding tert-OH is 1. The van der Waals surface area contributed by atoms with E-state index in [4.69, 9.17) is 23.3 Å². The third-order valence-corrected chi connectivity index (χ3v) is 14.4. The fourth-order valence-corrected chi connectivity index (χ4v) is 9.48. The zero-order valence-electron chi connectivity index (χ0n) is 49.0. The fraction of sp³-hybridized carbons (Fsp3) is 0.797. The molecule has 0 rings (SSSR count). The van der Waals surface area contributed by atoms with E-state index in [0.717, 1.165) is 103 Å². The number of unbranched alkanes of at least 4 members (excludes halogenated alkanes) is 31. The smallest absolute Gasteiger partial charge is 0.462 e. The standard InChI is InChI=1S/C64H115O11P/c1-4-7-10-13-16-19-22-24-26-28-30-32-34-36-39-42-45-48-51-54-63(67)74-60(56-65)58-72-76(69,70)73-59-61(57-71-62(66)53-50-47-44-41-38-21-18-15-12-9-6-3)75-64(68)55-52-49-46-43-40-37-35-33-31-29-27-25-23-20-17-14-11-8-5-2/h8,11,17,20,24-27,31,33,60-61,65H,4-7,9-10,12-16,18-19,21-23,28-30,32,34-59H2,1-3H3,(H,69,70)/b11-8-,20-17-,26-24-,27-25-,33-31-. The van der Waals surface area contributed by atoms with Crippen LogP contribution in [0.25, 0.3) is 0 Å². The first-order valence-electron chi connectivity index (χ1n) is 31.2. The molecule has 442 valence electrons. The van der Waals surface area contributed by atoms with Crippen LogP contribution >= 0.6 is 7.82 Å². The van der Waals surface area contributed by atoms with Crippen LogP contribution in [0.15, 0.2) is 60.8 Å². The summed E-state index contributed by atoms with van der Waals surface area (Å²) in [5, 5.41) is 9.84. The van der Waals surface area contributed by atoms with Gasteiger partial charge < -0.3 is 24.2 Å². The Bertz CT molecular complexity index is 1510. The van der Waals surface area contributed by atoms with Crippen molar-refractivity contribution >= 4 is 25.7 Å². The monoisotopic (exact) mass is 1090 g/mol. The molecule has 0 radical (unpaired) electrons. The van der Waals surface area contributed by atoms with Crippen LogP contribution in [0.1, 0.15) is 290 Å². The van der Waals surface area contributed by atoms with Crippen molar-refractivity contribution in [3.8, 4) is 0 Å². The van der Waals surface area contributed by atoms with Gasteiger partial charge in [0.25, 0.3) is 0 Å². The molecule has 76 heavy (non-hydrogen) atoms. The van der Waals surface area contributed by atoms with E-state index < -0.39 is 57.8 Å². The van der Waals surface area contributed by atoms with E-state index in [9.17, 15) is 28.9 Å². The summed E-state index contributed by atoms with van der Waals surface area (Å²) in [6.45, 7) is 4.54. The van der Waals surface area contributed by atoms with Gasteiger partial charge in [-0.25, -0.2) is 4.57 Å². The van der Waals surface area contributed by atoms with E-state index >= 15 is 0 Å². The quantitative estimate of drug-likeness (QED) is 0.0197. The molecule has 0 saturated carbocycles. The highest BCUT2D eigenvalue weighted by Crippen LogP contribution is 2.43. The number of allylic oxidation sites excluding steroid dienone is 10. The molecular formula is C64H115O11P. The van der Waals surface area contributed by atoms with Gasteiger partial charge in [-0.1, -0.05) is 248 Å². The van der Waals surface area contributed by atoms with E-state index in [1.807, 2.05) is 0 Å². The van der Waals surface area contributed by atoms with Crippen molar-refractivity contribution < 1.29 is 52.2 Å². The Labute approximate surface area is 465 Å². The number of ether oxygens (including phenoxy) is 3. The number of carbonyl (C=O) groups is 3. The van der Waals surface area contributed by atoms with Gasteiger partial charge in [0.05, 0.1) is 19.8 Å². The summed E-state index contributed by atoms with van der Waals surface area (Å²) >= 11 is 0. The van der Waals surface area contributed by atoms with Crippen molar-refractivity contribution in [3.05, 3.63) is 60.8 Å². The molecule has 0 heterocycles. The van der Waals surface area contributed by atoms with Gasteiger partial charge in [-0.3, -0.25) is 23.4 Å². The van der Waals surface area contributed by atoms with Crippen LogP contribution in [0.3, 0.4) is 0 Å². The number of phosphoric ester groups is 1. The molecule has 0 aromatic heterocycles. The summed E-state index contributed by atoms with van der Waals surface area (Å²) in [6, 6.07) is 0. The summed E-state index contributed by atoms with van der Waals surface area (Å²) < 4.78 is 39.6. The zero-order chi connectivity index (χ0) is 55.5. The van der Waals surface area contributed by atoms with Crippen molar-refractivity contribution in [2.45, 2.75) is 303 Å². The highest BCUT2D eigenvalue weighted by Gasteiger charge is 2.28. The first-order valence-corrected chi connectivity index (χ1v) is 32.7. The van der Waals surface area contributed by atoms with E-state index in [-0.39, 0.29) is 25.9 Å². The molecule has 3 atom stereocenters. The number of hydrogen-bond acceptors (Lipinski definition) is 10. The van der Waals surface area contributed by atoms with Crippen molar-refractivity contribution in [1.29, 1.82) is 0 Å². The minimum Gasteiger partial charge on any atom is -0.462 e. The Hall–Kier alpha value is -2.82. The molecule has 11 nitrogen and oxygen atoms in total. The van der Waals surface area contributed by atoms with Crippen LogP contribution in [-0.4, -0.2) is 66.5 Å². The second-order valence-electron chi connectivity index (χ2n) is 20.8. The summed E-state index contributed by atoms with van der Waals surface area (Å²) in [6.07, 6.45) is 64.6. The second-order valence-corrected chi connectivity index (χ2v) is 22.3. The number of rotatable bonds is 58. The molecule has 12 heteroatoms. The maximum atomic E-state index is 12.9. The van der Waals surface area contributed by atoms with Crippen LogP contribution in [0, 0.1) is 0 Å². The highest BCUT2D eigenvalue weighted by molar-refractivity contribution is 7.47. The average Bonchev–Trinajstić information content (AvgIpc) is 3.41. The maximum Gasteiger partial charge on any atom is 0.472 e. The summed E-state index contributed by atoms with van der Waals surface area (Å²) in [7, 11) is -4.75. The van der Waals surface area contributed by atoms with Crippen molar-refractivity contribution in [2.24, 2.45) is 0 Å². The Morgan fingerprint density at radius 1 is 0.382 bits per heavy atom. The molecule has 0 amide bonds. The van der Waals surface area contributed by atoms with Gasteiger partial charge in [0.15, 0.2) is 6.10 Å². The Morgan fingerprint density at radius 3 is 1.07 bits per heavy atom. The normalized spacial score (nSPS) is 13.7. The van der Waals surface area contributed by atoms with E-state index in [1.54, 1.807) is 0 Å². The third-order valence-electron chi connectivity index (χ3n) is 13.4. The lowest BCUT2D eigenvalue weighted by molar-refractivity contribution is -0.161. The third kappa shape index (κ3) is 55.9. The summed E-state index contributed by atoms with van der Waals surface area (Å²) in [5.74, 6) is -1.47. The first kappa shape index (κ1) is 73.2. The Balaban J connectivity index is 4.63. The molecule has 0 aliphatic rings. The van der Waals surface area contributed by atoms with Gasteiger partial charge >= 0.3 is 25.7 Å². The molecule has 0 spiro atoms. The van der Waals surface area contributed by atoms with Crippen LogP contribution in [0.4, 0.5) is 0 Å². The van der Waals surface area contributed by atoms with Crippen LogP contribution in [-0.2, 0) is 42.2 Å². The number of aliphatic hydroxyl groups is 1. The zero-order valence-corrected chi connectivity index (χ0v) is 49.9. The number of esters is 3. The average molecular weight is 1090 g/mol. The van der Waals surface area contributed by atoms with E-state index in [0.29, 0.717) is 19.3 Å².